The van der Waals surface area contributed by atoms with Gasteiger partial charge in [-0.25, -0.2) is 0 Å². The van der Waals surface area contributed by atoms with Crippen molar-refractivity contribution in [2.75, 3.05) is 18.5 Å². The Hall–Kier alpha value is -1.05. The molecular formula is C13H15BrN2O. The minimum Gasteiger partial charge on any atom is -0.381 e. The molecule has 0 amide bonds. The highest BCUT2D eigenvalue weighted by Crippen LogP contribution is 2.29. The lowest BCUT2D eigenvalue weighted by Gasteiger charge is -2.27. The molecule has 1 aromatic carbocycles. The molecule has 3 nitrogen and oxygen atoms in total. The Morgan fingerprint density at radius 2 is 2.12 bits per heavy atom. The van der Waals surface area contributed by atoms with Crippen molar-refractivity contribution in [1.29, 1.82) is 5.26 Å². The number of benzene rings is 1. The maximum atomic E-state index is 9.44. The van der Waals surface area contributed by atoms with E-state index in [2.05, 4.69) is 27.3 Å². The Kier molecular flexibility index (Phi) is 4.03. The van der Waals surface area contributed by atoms with Crippen molar-refractivity contribution in [2.24, 2.45) is 0 Å². The monoisotopic (exact) mass is 294 g/mol. The molecule has 4 heteroatoms. The van der Waals surface area contributed by atoms with Crippen molar-refractivity contribution in [2.45, 2.75) is 24.8 Å². The third-order valence-corrected chi connectivity index (χ3v) is 3.72. The molecule has 1 heterocycles. The number of hydrogen-bond acceptors (Lipinski definition) is 3. The zero-order valence-corrected chi connectivity index (χ0v) is 11.2. The van der Waals surface area contributed by atoms with Crippen LogP contribution in [0, 0.1) is 11.3 Å². The Morgan fingerprint density at radius 3 is 2.88 bits per heavy atom. The van der Waals surface area contributed by atoms with Gasteiger partial charge in [0.25, 0.3) is 0 Å². The molecule has 1 aliphatic rings. The third-order valence-electron chi connectivity index (χ3n) is 3.03. The zero-order valence-electron chi connectivity index (χ0n) is 9.58. The van der Waals surface area contributed by atoms with Crippen LogP contribution in [0.15, 0.2) is 28.7 Å². The number of nitrogens with zero attached hydrogens (tertiary/aromatic N) is 1. The van der Waals surface area contributed by atoms with Gasteiger partial charge in [-0.05, 0) is 40.9 Å². The van der Waals surface area contributed by atoms with Gasteiger partial charge in [0.05, 0.1) is 6.07 Å². The largest absolute Gasteiger partial charge is 0.381 e. The number of nitriles is 1. The van der Waals surface area contributed by atoms with Crippen molar-refractivity contribution >= 4 is 21.6 Å². The summed E-state index contributed by atoms with van der Waals surface area (Å²) in [5, 5.41) is 12.8. The molecule has 1 unspecified atom stereocenters. The first-order chi connectivity index (χ1) is 8.26. The molecule has 0 saturated carbocycles. The van der Waals surface area contributed by atoms with E-state index in [-0.39, 0.29) is 0 Å². The van der Waals surface area contributed by atoms with Gasteiger partial charge in [0, 0.05) is 29.8 Å². The Labute approximate surface area is 110 Å². The molecule has 0 bridgehead atoms. The van der Waals surface area contributed by atoms with Crippen molar-refractivity contribution in [3.05, 3.63) is 28.7 Å². The fourth-order valence-corrected chi connectivity index (χ4v) is 2.42. The van der Waals surface area contributed by atoms with Crippen molar-refractivity contribution in [3.63, 3.8) is 0 Å². The summed E-state index contributed by atoms with van der Waals surface area (Å²) in [4.78, 5) is 0. The van der Waals surface area contributed by atoms with Gasteiger partial charge in [0.15, 0.2) is 0 Å². The van der Waals surface area contributed by atoms with Crippen LogP contribution in [-0.4, -0.2) is 18.8 Å². The van der Waals surface area contributed by atoms with Gasteiger partial charge in [-0.1, -0.05) is 12.1 Å². The summed E-state index contributed by atoms with van der Waals surface area (Å²) in [6.07, 6.45) is 2.47. The van der Waals surface area contributed by atoms with E-state index in [0.717, 1.165) is 36.0 Å². The Bertz CT molecular complexity index is 420. The molecule has 0 aliphatic carbocycles. The number of halogens is 1. The minimum absolute atomic E-state index is 0.500. The fourth-order valence-electron chi connectivity index (χ4n) is 2.03. The van der Waals surface area contributed by atoms with E-state index in [4.69, 9.17) is 4.74 Å². The molecule has 1 aromatic rings. The van der Waals surface area contributed by atoms with Crippen LogP contribution in [0.4, 0.5) is 5.69 Å². The van der Waals surface area contributed by atoms with Crippen molar-refractivity contribution in [1.82, 2.24) is 0 Å². The van der Waals surface area contributed by atoms with Crippen molar-refractivity contribution in [3.8, 4) is 6.07 Å². The van der Waals surface area contributed by atoms with Crippen LogP contribution in [0.3, 0.4) is 0 Å². The lowest BCUT2D eigenvalue weighted by atomic mass is 9.92. The summed E-state index contributed by atoms with van der Waals surface area (Å²) in [6.45, 7) is 1.39. The molecule has 90 valence electrons. The van der Waals surface area contributed by atoms with Gasteiger partial charge in [0.1, 0.15) is 5.54 Å². The SMILES string of the molecule is N#CC1(Nc2ccccc2Br)CCCOCC1. The summed E-state index contributed by atoms with van der Waals surface area (Å²) < 4.78 is 6.40. The lowest BCUT2D eigenvalue weighted by molar-refractivity contribution is 0.142. The average Bonchev–Trinajstić information content (AvgIpc) is 2.58. The van der Waals surface area contributed by atoms with Crippen LogP contribution >= 0.6 is 15.9 Å². The maximum absolute atomic E-state index is 9.44. The first kappa shape index (κ1) is 12.4. The first-order valence-electron chi connectivity index (χ1n) is 5.77. The van der Waals surface area contributed by atoms with E-state index in [1.165, 1.54) is 0 Å². The second-order valence-corrected chi connectivity index (χ2v) is 5.12. The number of para-hydroxylation sites is 1. The van der Waals surface area contributed by atoms with Crippen LogP contribution < -0.4 is 5.32 Å². The van der Waals surface area contributed by atoms with Gasteiger partial charge in [0.2, 0.25) is 0 Å². The quantitative estimate of drug-likeness (QED) is 0.910. The van der Waals surface area contributed by atoms with E-state index in [1.807, 2.05) is 24.3 Å². The smallest absolute Gasteiger partial charge is 0.127 e. The van der Waals surface area contributed by atoms with Crippen molar-refractivity contribution < 1.29 is 4.74 Å². The fraction of sp³-hybridized carbons (Fsp3) is 0.462. The molecule has 17 heavy (non-hydrogen) atoms. The second-order valence-electron chi connectivity index (χ2n) is 4.26. The van der Waals surface area contributed by atoms with E-state index in [1.54, 1.807) is 0 Å². The van der Waals surface area contributed by atoms with Crippen LogP contribution in [-0.2, 0) is 4.74 Å². The molecular weight excluding hydrogens is 280 g/mol. The standard InChI is InChI=1S/C13H15BrN2O/c14-11-4-1-2-5-12(11)16-13(10-15)6-3-8-17-9-7-13/h1-2,4-5,16H,3,6-9H2. The minimum atomic E-state index is -0.500. The third kappa shape index (κ3) is 2.99. The van der Waals surface area contributed by atoms with Gasteiger partial charge in [-0.3, -0.25) is 0 Å². The summed E-state index contributed by atoms with van der Waals surface area (Å²) >= 11 is 3.49. The number of hydrogen-bond donors (Lipinski definition) is 1. The summed E-state index contributed by atoms with van der Waals surface area (Å²) in [6, 6.07) is 10.3. The molecule has 0 aromatic heterocycles. The molecule has 0 radical (unpaired) electrons. The summed E-state index contributed by atoms with van der Waals surface area (Å²) in [5.74, 6) is 0. The van der Waals surface area contributed by atoms with Crippen LogP contribution in [0.5, 0.6) is 0 Å². The first-order valence-corrected chi connectivity index (χ1v) is 6.57. The second kappa shape index (κ2) is 5.52. The molecule has 1 fully saturated rings. The summed E-state index contributed by atoms with van der Waals surface area (Å²) in [5.41, 5.74) is 0.469. The predicted molar refractivity (Wildman–Crippen MR) is 70.8 cm³/mol. The molecule has 1 aliphatic heterocycles. The topological polar surface area (TPSA) is 45.0 Å². The van der Waals surface area contributed by atoms with Gasteiger partial charge < -0.3 is 10.1 Å². The van der Waals surface area contributed by atoms with Gasteiger partial charge in [-0.15, -0.1) is 0 Å². The number of rotatable bonds is 2. The predicted octanol–water partition coefficient (Wildman–Crippen LogP) is 3.32. The van der Waals surface area contributed by atoms with E-state index < -0.39 is 5.54 Å². The Balaban J connectivity index is 2.19. The van der Waals surface area contributed by atoms with E-state index in [9.17, 15) is 5.26 Å². The molecule has 1 N–H and O–H groups in total. The highest BCUT2D eigenvalue weighted by Gasteiger charge is 2.31. The maximum Gasteiger partial charge on any atom is 0.127 e. The number of ether oxygens (including phenoxy) is 1. The number of anilines is 1. The Morgan fingerprint density at radius 1 is 1.29 bits per heavy atom. The van der Waals surface area contributed by atoms with Crippen LogP contribution in [0.2, 0.25) is 0 Å². The van der Waals surface area contributed by atoms with Crippen LogP contribution in [0.1, 0.15) is 19.3 Å². The molecule has 1 saturated heterocycles. The van der Waals surface area contributed by atoms with Gasteiger partial charge >= 0.3 is 0 Å². The average molecular weight is 295 g/mol. The highest BCUT2D eigenvalue weighted by molar-refractivity contribution is 9.10. The lowest BCUT2D eigenvalue weighted by Crippen LogP contribution is -2.37. The summed E-state index contributed by atoms with van der Waals surface area (Å²) in [7, 11) is 0. The van der Waals surface area contributed by atoms with Crippen LogP contribution in [0.25, 0.3) is 0 Å². The number of nitrogens with one attached hydrogen (secondary N) is 1. The van der Waals surface area contributed by atoms with E-state index in [0.29, 0.717) is 6.61 Å². The highest BCUT2D eigenvalue weighted by atomic mass is 79.9. The van der Waals surface area contributed by atoms with E-state index >= 15 is 0 Å². The van der Waals surface area contributed by atoms with Gasteiger partial charge in [-0.2, -0.15) is 5.26 Å². The molecule has 0 spiro atoms. The zero-order chi connectivity index (χ0) is 12.1. The molecule has 2 rings (SSSR count). The molecule has 1 atom stereocenters. The normalized spacial score (nSPS) is 24.7.